The van der Waals surface area contributed by atoms with Gasteiger partial charge in [0.2, 0.25) is 5.91 Å². The number of carbonyl (C=O) groups is 3. The van der Waals surface area contributed by atoms with Crippen LogP contribution in [-0.2, 0) is 25.5 Å². The second-order valence-electron chi connectivity index (χ2n) is 8.15. The zero-order chi connectivity index (χ0) is 20.7. The van der Waals surface area contributed by atoms with E-state index in [1.807, 2.05) is 20.8 Å². The lowest BCUT2D eigenvalue weighted by atomic mass is 9.91. The summed E-state index contributed by atoms with van der Waals surface area (Å²) in [4.78, 5) is 38.0. The third-order valence-corrected chi connectivity index (χ3v) is 4.75. The predicted molar refractivity (Wildman–Crippen MR) is 103 cm³/mol. The Morgan fingerprint density at radius 2 is 1.75 bits per heavy atom. The summed E-state index contributed by atoms with van der Waals surface area (Å²) >= 11 is 0. The van der Waals surface area contributed by atoms with E-state index in [-0.39, 0.29) is 30.2 Å². The Hall–Kier alpha value is -2.44. The molecule has 7 heteroatoms. The van der Waals surface area contributed by atoms with E-state index in [9.17, 15) is 18.8 Å². The number of nitrogens with one attached hydrogen (secondary N) is 1. The molecule has 0 saturated carbocycles. The molecule has 1 aromatic carbocycles. The molecule has 1 N–H and O–H groups in total. The molecule has 0 aliphatic carbocycles. The number of carbonyl (C=O) groups excluding carboxylic acids is 3. The summed E-state index contributed by atoms with van der Waals surface area (Å²) in [7, 11) is 0. The molecule has 1 fully saturated rings. The standard InChI is InChI=1S/C21H29FN2O4/c1-21(2,3)20(27)24-12-9-16(10-13-24)19(26)28-14-18(25)23-11-8-15-4-6-17(22)7-5-15/h4-7,16H,8-14H2,1-3H3,(H,23,25). The van der Waals surface area contributed by atoms with Gasteiger partial charge in [-0.2, -0.15) is 0 Å². The molecule has 2 rings (SSSR count). The van der Waals surface area contributed by atoms with E-state index in [0.29, 0.717) is 38.9 Å². The molecule has 154 valence electrons. The zero-order valence-electron chi connectivity index (χ0n) is 16.8. The minimum atomic E-state index is -0.431. The van der Waals surface area contributed by atoms with Crippen molar-refractivity contribution in [3.63, 3.8) is 0 Å². The molecule has 1 saturated heterocycles. The van der Waals surface area contributed by atoms with Crippen LogP contribution in [0.4, 0.5) is 4.39 Å². The van der Waals surface area contributed by atoms with E-state index >= 15 is 0 Å². The van der Waals surface area contributed by atoms with Crippen molar-refractivity contribution in [2.75, 3.05) is 26.2 Å². The van der Waals surface area contributed by atoms with Crippen LogP contribution in [0.5, 0.6) is 0 Å². The van der Waals surface area contributed by atoms with Gasteiger partial charge in [0.05, 0.1) is 5.92 Å². The largest absolute Gasteiger partial charge is 0.455 e. The molecule has 0 unspecified atom stereocenters. The van der Waals surface area contributed by atoms with Crippen LogP contribution in [0.2, 0.25) is 0 Å². The fourth-order valence-corrected chi connectivity index (χ4v) is 3.10. The van der Waals surface area contributed by atoms with Crippen molar-refractivity contribution in [2.45, 2.75) is 40.0 Å². The second kappa shape index (κ2) is 9.66. The summed E-state index contributed by atoms with van der Waals surface area (Å²) in [6, 6.07) is 6.08. The minimum Gasteiger partial charge on any atom is -0.455 e. The van der Waals surface area contributed by atoms with E-state index < -0.39 is 11.4 Å². The fourth-order valence-electron chi connectivity index (χ4n) is 3.10. The van der Waals surface area contributed by atoms with Gasteiger partial charge >= 0.3 is 5.97 Å². The Morgan fingerprint density at radius 3 is 2.32 bits per heavy atom. The normalized spacial score (nSPS) is 15.2. The summed E-state index contributed by atoms with van der Waals surface area (Å²) in [5.41, 5.74) is 0.481. The first-order chi connectivity index (χ1) is 13.2. The number of hydrogen-bond acceptors (Lipinski definition) is 4. The van der Waals surface area contributed by atoms with Crippen LogP contribution in [0.1, 0.15) is 39.2 Å². The smallest absolute Gasteiger partial charge is 0.309 e. The highest BCUT2D eigenvalue weighted by molar-refractivity contribution is 5.83. The van der Waals surface area contributed by atoms with Gasteiger partial charge < -0.3 is 15.0 Å². The number of nitrogens with zero attached hydrogens (tertiary/aromatic N) is 1. The van der Waals surface area contributed by atoms with Crippen LogP contribution in [0.25, 0.3) is 0 Å². The molecule has 0 spiro atoms. The van der Waals surface area contributed by atoms with Crippen molar-refractivity contribution < 1.29 is 23.5 Å². The number of piperidine rings is 1. The van der Waals surface area contributed by atoms with Gasteiger partial charge in [0.1, 0.15) is 5.82 Å². The summed E-state index contributed by atoms with van der Waals surface area (Å²) in [6.07, 6.45) is 1.67. The van der Waals surface area contributed by atoms with Crippen molar-refractivity contribution in [2.24, 2.45) is 11.3 Å². The Labute approximate surface area is 165 Å². The van der Waals surface area contributed by atoms with Crippen LogP contribution in [0.3, 0.4) is 0 Å². The number of rotatable bonds is 6. The second-order valence-corrected chi connectivity index (χ2v) is 8.15. The molecule has 1 aromatic rings. The van der Waals surface area contributed by atoms with E-state index in [1.165, 1.54) is 12.1 Å². The first-order valence-corrected chi connectivity index (χ1v) is 9.64. The molecule has 6 nitrogen and oxygen atoms in total. The van der Waals surface area contributed by atoms with Crippen LogP contribution < -0.4 is 5.32 Å². The molecule has 0 atom stereocenters. The summed E-state index contributed by atoms with van der Waals surface area (Å²) in [5.74, 6) is -1.25. The van der Waals surface area contributed by atoms with E-state index in [1.54, 1.807) is 17.0 Å². The summed E-state index contributed by atoms with van der Waals surface area (Å²) in [5, 5.41) is 2.68. The number of likely N-dealkylation sites (tertiary alicyclic amines) is 1. The van der Waals surface area contributed by atoms with Gasteiger partial charge in [-0.25, -0.2) is 4.39 Å². The van der Waals surface area contributed by atoms with Crippen molar-refractivity contribution in [3.05, 3.63) is 35.6 Å². The molecule has 0 radical (unpaired) electrons. The van der Waals surface area contributed by atoms with E-state index in [4.69, 9.17) is 4.74 Å². The van der Waals surface area contributed by atoms with Gasteiger partial charge in [-0.15, -0.1) is 0 Å². The summed E-state index contributed by atoms with van der Waals surface area (Å²) in [6.45, 7) is 6.76. The third-order valence-electron chi connectivity index (χ3n) is 4.75. The molecule has 2 amide bonds. The van der Waals surface area contributed by atoms with Gasteiger partial charge in [0.15, 0.2) is 6.61 Å². The molecule has 1 aliphatic rings. The number of hydrogen-bond donors (Lipinski definition) is 1. The van der Waals surface area contributed by atoms with Crippen LogP contribution in [0, 0.1) is 17.2 Å². The zero-order valence-corrected chi connectivity index (χ0v) is 16.8. The monoisotopic (exact) mass is 392 g/mol. The van der Waals surface area contributed by atoms with Crippen LogP contribution in [-0.4, -0.2) is 48.9 Å². The Morgan fingerprint density at radius 1 is 1.14 bits per heavy atom. The van der Waals surface area contributed by atoms with Crippen molar-refractivity contribution in [3.8, 4) is 0 Å². The topological polar surface area (TPSA) is 75.7 Å². The Balaban J connectivity index is 1.64. The maximum Gasteiger partial charge on any atom is 0.309 e. The molecule has 1 heterocycles. The maximum atomic E-state index is 12.8. The van der Waals surface area contributed by atoms with E-state index in [2.05, 4.69) is 5.32 Å². The fraction of sp³-hybridized carbons (Fsp3) is 0.571. The Bertz CT molecular complexity index is 689. The summed E-state index contributed by atoms with van der Waals surface area (Å²) < 4.78 is 18.0. The van der Waals surface area contributed by atoms with Crippen LogP contribution in [0.15, 0.2) is 24.3 Å². The third kappa shape index (κ3) is 6.62. The number of benzene rings is 1. The number of amides is 2. The quantitative estimate of drug-likeness (QED) is 0.754. The van der Waals surface area contributed by atoms with Crippen molar-refractivity contribution >= 4 is 17.8 Å². The maximum absolute atomic E-state index is 12.8. The van der Waals surface area contributed by atoms with Crippen molar-refractivity contribution in [1.82, 2.24) is 10.2 Å². The first-order valence-electron chi connectivity index (χ1n) is 9.64. The van der Waals surface area contributed by atoms with Crippen molar-refractivity contribution in [1.29, 1.82) is 0 Å². The van der Waals surface area contributed by atoms with Gasteiger partial charge in [0, 0.05) is 25.0 Å². The molecule has 0 bridgehead atoms. The number of esters is 1. The van der Waals surface area contributed by atoms with Crippen LogP contribution >= 0.6 is 0 Å². The minimum absolute atomic E-state index is 0.0832. The number of ether oxygens (including phenoxy) is 1. The first kappa shape index (κ1) is 21.9. The Kier molecular flexibility index (Phi) is 7.54. The lowest BCUT2D eigenvalue weighted by Crippen LogP contribution is -2.45. The average Bonchev–Trinajstić information content (AvgIpc) is 2.66. The van der Waals surface area contributed by atoms with Gasteiger partial charge in [-0.1, -0.05) is 32.9 Å². The predicted octanol–water partition coefficient (Wildman–Crippen LogP) is 2.31. The average molecular weight is 392 g/mol. The lowest BCUT2D eigenvalue weighted by Gasteiger charge is -2.34. The molecule has 0 aromatic heterocycles. The van der Waals surface area contributed by atoms with E-state index in [0.717, 1.165) is 5.56 Å². The van der Waals surface area contributed by atoms with Gasteiger partial charge in [-0.3, -0.25) is 14.4 Å². The highest BCUT2D eigenvalue weighted by Gasteiger charge is 2.33. The molecular weight excluding hydrogens is 363 g/mol. The highest BCUT2D eigenvalue weighted by Crippen LogP contribution is 2.24. The molecular formula is C21H29FN2O4. The SMILES string of the molecule is CC(C)(C)C(=O)N1CCC(C(=O)OCC(=O)NCCc2ccc(F)cc2)CC1. The molecule has 1 aliphatic heterocycles. The van der Waals surface area contributed by atoms with Gasteiger partial charge in [-0.05, 0) is 37.0 Å². The highest BCUT2D eigenvalue weighted by atomic mass is 19.1. The van der Waals surface area contributed by atoms with Gasteiger partial charge in [0.25, 0.3) is 5.91 Å². The lowest BCUT2D eigenvalue weighted by molar-refractivity contribution is -0.155. The number of halogens is 1. The molecule has 28 heavy (non-hydrogen) atoms.